The highest BCUT2D eigenvalue weighted by Gasteiger charge is 2.27. The van der Waals surface area contributed by atoms with Crippen molar-refractivity contribution in [3.8, 4) is 5.75 Å². The van der Waals surface area contributed by atoms with Crippen molar-refractivity contribution in [3.05, 3.63) is 42.0 Å². The Bertz CT molecular complexity index is 698. The van der Waals surface area contributed by atoms with Gasteiger partial charge in [0.1, 0.15) is 24.0 Å². The minimum absolute atomic E-state index is 0.147. The normalized spacial score (nSPS) is 16.6. The first-order valence-corrected chi connectivity index (χ1v) is 8.85. The molecule has 3 rings (SSSR count). The maximum absolute atomic E-state index is 6.11. The van der Waals surface area contributed by atoms with Gasteiger partial charge < -0.3 is 9.57 Å². The predicted octanol–water partition coefficient (Wildman–Crippen LogP) is 2.93. The summed E-state index contributed by atoms with van der Waals surface area (Å²) in [5, 5.41) is 8.37. The second-order valence-electron chi connectivity index (χ2n) is 5.97. The number of ether oxygens (including phenoxy) is 1. The fourth-order valence-corrected chi connectivity index (χ4v) is 2.62. The lowest BCUT2D eigenvalue weighted by molar-refractivity contribution is 0.0847. The Kier molecular flexibility index (Phi) is 4.56. The molecule has 23 heavy (non-hydrogen) atoms. The number of hydrogen-bond donors (Lipinski definition) is 0. The molecule has 0 N–H and O–H groups in total. The van der Waals surface area contributed by atoms with E-state index in [1.165, 1.54) is 11.9 Å². The van der Waals surface area contributed by atoms with Gasteiger partial charge in [0.2, 0.25) is 5.84 Å². The fourth-order valence-electron chi connectivity index (χ4n) is 2.46. The lowest BCUT2D eigenvalue weighted by atomic mass is 9.93. The van der Waals surface area contributed by atoms with Crippen LogP contribution >= 0.6 is 11.8 Å². The molecule has 1 aromatic carbocycles. The minimum Gasteiger partial charge on any atom is -0.488 e. The molecular formula is C16H20N4O2S. The fraction of sp³-hybridized carbons (Fsp3) is 0.438. The molecule has 1 aromatic heterocycles. The van der Waals surface area contributed by atoms with E-state index < -0.39 is 0 Å². The van der Waals surface area contributed by atoms with E-state index in [4.69, 9.17) is 9.57 Å². The number of thioether (sulfide) groups is 1. The van der Waals surface area contributed by atoms with Crippen molar-refractivity contribution in [2.45, 2.75) is 32.3 Å². The van der Waals surface area contributed by atoms with Gasteiger partial charge in [-0.25, -0.2) is 4.98 Å². The van der Waals surface area contributed by atoms with Crippen LogP contribution in [0.1, 0.15) is 31.4 Å². The van der Waals surface area contributed by atoms with Gasteiger partial charge >= 0.3 is 0 Å². The van der Waals surface area contributed by atoms with Crippen LogP contribution in [0.5, 0.6) is 5.75 Å². The molecule has 0 atom stereocenters. The average Bonchev–Trinajstić information content (AvgIpc) is 3.04. The van der Waals surface area contributed by atoms with Gasteiger partial charge in [-0.2, -0.15) is 9.78 Å². The number of rotatable bonds is 4. The highest BCUT2D eigenvalue weighted by Crippen LogP contribution is 2.33. The van der Waals surface area contributed by atoms with Crippen molar-refractivity contribution in [3.63, 3.8) is 0 Å². The third kappa shape index (κ3) is 3.67. The van der Waals surface area contributed by atoms with E-state index in [2.05, 4.69) is 35.2 Å². The van der Waals surface area contributed by atoms with Gasteiger partial charge in [0, 0.05) is 5.56 Å². The first-order valence-electron chi connectivity index (χ1n) is 7.45. The number of oxime groups is 1. The molecule has 2 heterocycles. The van der Waals surface area contributed by atoms with E-state index in [0.717, 1.165) is 24.2 Å². The van der Waals surface area contributed by atoms with Gasteiger partial charge in [0.05, 0.1) is 0 Å². The summed E-state index contributed by atoms with van der Waals surface area (Å²) < 4.78 is 7.70. The van der Waals surface area contributed by atoms with Gasteiger partial charge in [-0.1, -0.05) is 17.3 Å². The molecule has 0 radical (unpaired) electrons. The monoisotopic (exact) mass is 332 g/mol. The summed E-state index contributed by atoms with van der Waals surface area (Å²) in [7, 11) is 0. The molecule has 0 saturated carbocycles. The van der Waals surface area contributed by atoms with Crippen LogP contribution in [0.15, 0.2) is 36.0 Å². The molecule has 0 unspecified atom stereocenters. The number of hydrogen-bond acceptors (Lipinski definition) is 6. The third-order valence-corrected chi connectivity index (χ3v) is 4.01. The van der Waals surface area contributed by atoms with E-state index in [9.17, 15) is 0 Å². The van der Waals surface area contributed by atoms with E-state index in [-0.39, 0.29) is 5.60 Å². The lowest BCUT2D eigenvalue weighted by Crippen LogP contribution is -2.32. The Morgan fingerprint density at radius 1 is 1.48 bits per heavy atom. The van der Waals surface area contributed by atoms with E-state index in [1.807, 2.05) is 18.4 Å². The van der Waals surface area contributed by atoms with Crippen LogP contribution in [0.4, 0.5) is 0 Å². The van der Waals surface area contributed by atoms with E-state index in [1.54, 1.807) is 22.8 Å². The highest BCUT2D eigenvalue weighted by atomic mass is 32.2. The standard InChI is InChI=1S/C16H20N4O2S/c1-16(2)7-6-12-4-5-13(8-14(12)22-16)15(19-21-11-23-3)20-10-17-9-18-20/h4-5,8-10H,6-7,11H2,1-3H3/b19-15-. The summed E-state index contributed by atoms with van der Waals surface area (Å²) in [6.07, 6.45) is 7.06. The second-order valence-corrected chi connectivity index (χ2v) is 6.79. The molecule has 0 saturated heterocycles. The van der Waals surface area contributed by atoms with Crippen LogP contribution in [0.25, 0.3) is 0 Å². The molecule has 122 valence electrons. The van der Waals surface area contributed by atoms with Crippen LogP contribution in [0.3, 0.4) is 0 Å². The highest BCUT2D eigenvalue weighted by molar-refractivity contribution is 7.98. The van der Waals surface area contributed by atoms with Gasteiger partial charge in [-0.3, -0.25) is 0 Å². The summed E-state index contributed by atoms with van der Waals surface area (Å²) in [5.74, 6) is 1.97. The molecule has 0 bridgehead atoms. The zero-order valence-electron chi connectivity index (χ0n) is 13.5. The molecule has 0 fully saturated rings. The molecule has 1 aliphatic heterocycles. The van der Waals surface area contributed by atoms with E-state index >= 15 is 0 Å². The van der Waals surface area contributed by atoms with E-state index in [0.29, 0.717) is 11.8 Å². The van der Waals surface area contributed by atoms with Crippen molar-refractivity contribution < 1.29 is 9.57 Å². The first kappa shape index (κ1) is 15.9. The molecule has 0 spiro atoms. The van der Waals surface area contributed by atoms with Gasteiger partial charge in [-0.15, -0.1) is 11.8 Å². The van der Waals surface area contributed by atoms with Crippen LogP contribution in [0, 0.1) is 0 Å². The van der Waals surface area contributed by atoms with Crippen LogP contribution in [-0.4, -0.2) is 38.4 Å². The van der Waals surface area contributed by atoms with Gasteiger partial charge in [0.25, 0.3) is 0 Å². The Hall–Kier alpha value is -2.02. The Balaban J connectivity index is 1.95. The largest absolute Gasteiger partial charge is 0.488 e. The summed E-state index contributed by atoms with van der Waals surface area (Å²) >= 11 is 1.56. The molecule has 6 nitrogen and oxygen atoms in total. The number of aryl methyl sites for hydroxylation is 1. The van der Waals surface area contributed by atoms with Crippen molar-refractivity contribution in [2.75, 3.05) is 12.2 Å². The van der Waals surface area contributed by atoms with Crippen molar-refractivity contribution in [1.82, 2.24) is 14.8 Å². The minimum atomic E-state index is -0.147. The molecule has 1 aliphatic rings. The molecular weight excluding hydrogens is 312 g/mol. The molecule has 2 aromatic rings. The number of fused-ring (bicyclic) bond motifs is 1. The molecule has 0 aliphatic carbocycles. The topological polar surface area (TPSA) is 61.5 Å². The summed E-state index contributed by atoms with van der Waals surface area (Å²) in [4.78, 5) is 9.32. The van der Waals surface area contributed by atoms with Crippen molar-refractivity contribution in [2.24, 2.45) is 5.16 Å². The Morgan fingerprint density at radius 2 is 2.35 bits per heavy atom. The van der Waals surface area contributed by atoms with Crippen molar-refractivity contribution in [1.29, 1.82) is 0 Å². The number of aromatic nitrogens is 3. The van der Waals surface area contributed by atoms with Crippen LogP contribution in [0.2, 0.25) is 0 Å². The van der Waals surface area contributed by atoms with Gasteiger partial charge in [0.15, 0.2) is 5.94 Å². The second kappa shape index (κ2) is 6.62. The Labute approximate surface area is 139 Å². The zero-order chi connectivity index (χ0) is 16.3. The van der Waals surface area contributed by atoms with Crippen LogP contribution < -0.4 is 4.74 Å². The quantitative estimate of drug-likeness (QED) is 0.283. The van der Waals surface area contributed by atoms with Crippen molar-refractivity contribution >= 4 is 17.6 Å². The SMILES string of the molecule is CSCO/N=C(/c1ccc2c(c1)OC(C)(C)CC2)n1cncn1. The summed E-state index contributed by atoms with van der Waals surface area (Å²) in [5.41, 5.74) is 1.95. The molecule has 0 amide bonds. The number of benzene rings is 1. The maximum atomic E-state index is 6.11. The van der Waals surface area contributed by atoms with Gasteiger partial charge in [-0.05, 0) is 44.6 Å². The van der Waals surface area contributed by atoms with Crippen LogP contribution in [-0.2, 0) is 11.3 Å². The Morgan fingerprint density at radius 3 is 3.09 bits per heavy atom. The predicted molar refractivity (Wildman–Crippen MR) is 90.9 cm³/mol. The average molecular weight is 332 g/mol. The summed E-state index contributed by atoms with van der Waals surface area (Å²) in [6, 6.07) is 6.10. The zero-order valence-corrected chi connectivity index (χ0v) is 14.3. The third-order valence-electron chi connectivity index (χ3n) is 3.67. The molecule has 7 heteroatoms. The number of nitrogens with zero attached hydrogens (tertiary/aromatic N) is 4. The summed E-state index contributed by atoms with van der Waals surface area (Å²) in [6.45, 7) is 4.22. The lowest BCUT2D eigenvalue weighted by Gasteiger charge is -2.32. The smallest absolute Gasteiger partial charge is 0.201 e. The maximum Gasteiger partial charge on any atom is 0.201 e. The first-order chi connectivity index (χ1) is 11.1.